The van der Waals surface area contributed by atoms with E-state index >= 15 is 0 Å². The van der Waals surface area contributed by atoms with Gasteiger partial charge in [0.2, 0.25) is 0 Å². The molecule has 2 saturated carbocycles. The molecule has 0 bridgehead atoms. The van der Waals surface area contributed by atoms with Gasteiger partial charge < -0.3 is 14.7 Å². The van der Waals surface area contributed by atoms with Gasteiger partial charge in [-0.1, -0.05) is 19.9 Å². The summed E-state index contributed by atoms with van der Waals surface area (Å²) in [5, 5.41) is 14.0. The van der Waals surface area contributed by atoms with E-state index < -0.39 is 12.2 Å². The Bertz CT molecular complexity index is 946. The first-order chi connectivity index (χ1) is 17.2. The summed E-state index contributed by atoms with van der Waals surface area (Å²) < 4.78 is 32.7. The molecule has 7 heteroatoms. The maximum absolute atomic E-state index is 13.3. The Balaban J connectivity index is 1.21. The molecule has 5 rings (SSSR count). The van der Waals surface area contributed by atoms with Gasteiger partial charge in [-0.15, -0.1) is 0 Å². The molecule has 1 aromatic rings. The lowest BCUT2D eigenvalue weighted by Gasteiger charge is -2.50. The second-order valence-electron chi connectivity index (χ2n) is 11.8. The molecule has 36 heavy (non-hydrogen) atoms. The van der Waals surface area contributed by atoms with Crippen LogP contribution in [0.2, 0.25) is 0 Å². The molecule has 0 aromatic heterocycles. The molecular weight excluding hydrogens is 462 g/mol. The van der Waals surface area contributed by atoms with Crippen molar-refractivity contribution in [2.24, 2.45) is 23.2 Å². The Hall–Kier alpha value is -1.57. The van der Waals surface area contributed by atoms with Crippen molar-refractivity contribution >= 4 is 5.78 Å². The molecule has 200 valence electrons. The molecule has 0 radical (unpaired) electrons. The zero-order valence-corrected chi connectivity index (χ0v) is 21.8. The van der Waals surface area contributed by atoms with Crippen LogP contribution in [0, 0.1) is 23.2 Å². The highest BCUT2D eigenvalue weighted by molar-refractivity contribution is 5.87. The molecule has 4 aliphatic rings. The predicted octanol–water partition coefficient (Wildman–Crippen LogP) is 4.77. The summed E-state index contributed by atoms with van der Waals surface area (Å²) in [7, 11) is 0. The van der Waals surface area contributed by atoms with Crippen molar-refractivity contribution < 1.29 is 23.4 Å². The number of likely N-dealkylation sites (tertiary alicyclic amines) is 1. The lowest BCUT2D eigenvalue weighted by molar-refractivity contribution is -0.129. The smallest absolute Gasteiger partial charge is 0.250 e. The number of carbonyl (C=O) groups excluding carboxylic acids is 1. The highest BCUT2D eigenvalue weighted by Gasteiger charge is 2.60. The maximum atomic E-state index is 13.3. The number of aliphatic hydroxyl groups excluding tert-OH is 1. The fourth-order valence-electron chi connectivity index (χ4n) is 7.84. The number of hydrogen-bond acceptors (Lipinski definition) is 5. The molecule has 1 saturated heterocycles. The first-order valence-corrected chi connectivity index (χ1v) is 14.0. The van der Waals surface area contributed by atoms with E-state index in [1.807, 2.05) is 6.92 Å². The predicted molar refractivity (Wildman–Crippen MR) is 135 cm³/mol. The van der Waals surface area contributed by atoms with Crippen LogP contribution in [0.25, 0.3) is 0 Å². The molecular formula is C29H42F2N2O3. The summed E-state index contributed by atoms with van der Waals surface area (Å²) in [4.78, 5) is 15.2. The number of aryl methyl sites for hydroxylation is 1. The largest absolute Gasteiger partial charge is 0.494 e. The number of aliphatic hydroxyl groups is 1. The topological polar surface area (TPSA) is 61.8 Å². The van der Waals surface area contributed by atoms with E-state index in [1.54, 1.807) is 0 Å². The van der Waals surface area contributed by atoms with Gasteiger partial charge in [-0.2, -0.15) is 0 Å². The Kier molecular flexibility index (Phi) is 7.45. The first kappa shape index (κ1) is 26.1. The summed E-state index contributed by atoms with van der Waals surface area (Å²) in [6.07, 6.45) is 4.55. The number of halogens is 2. The molecule has 1 aliphatic heterocycles. The average molecular weight is 505 g/mol. The second kappa shape index (κ2) is 10.3. The van der Waals surface area contributed by atoms with Gasteiger partial charge in [0.15, 0.2) is 0 Å². The van der Waals surface area contributed by atoms with Gasteiger partial charge in [0.1, 0.15) is 17.8 Å². The summed E-state index contributed by atoms with van der Waals surface area (Å²) in [5.41, 5.74) is 2.43. The third-order valence-electron chi connectivity index (χ3n) is 9.76. The van der Waals surface area contributed by atoms with Crippen molar-refractivity contribution in [1.82, 2.24) is 10.2 Å². The Morgan fingerprint density at radius 1 is 1.22 bits per heavy atom. The third kappa shape index (κ3) is 4.95. The number of ether oxygens (including phenoxy) is 1. The number of nitrogens with one attached hydrogen (secondary N) is 1. The lowest BCUT2D eigenvalue weighted by Crippen LogP contribution is -2.48. The van der Waals surface area contributed by atoms with Gasteiger partial charge in [-0.25, -0.2) is 8.78 Å². The van der Waals surface area contributed by atoms with Gasteiger partial charge in [-0.05, 0) is 79.7 Å². The number of carbonyl (C=O) groups is 1. The number of benzene rings is 1. The zero-order chi connectivity index (χ0) is 25.5. The Labute approximate surface area is 214 Å². The molecule has 2 N–H and O–H groups in total. The van der Waals surface area contributed by atoms with E-state index in [-0.39, 0.29) is 30.1 Å². The van der Waals surface area contributed by atoms with Gasteiger partial charge >= 0.3 is 0 Å². The van der Waals surface area contributed by atoms with Crippen molar-refractivity contribution in [3.8, 4) is 5.75 Å². The van der Waals surface area contributed by atoms with Crippen LogP contribution in [0.5, 0.6) is 5.75 Å². The van der Waals surface area contributed by atoms with E-state index in [1.165, 1.54) is 11.1 Å². The van der Waals surface area contributed by atoms with Crippen LogP contribution in [0.3, 0.4) is 0 Å². The van der Waals surface area contributed by atoms with Gasteiger partial charge in [0.05, 0.1) is 6.61 Å². The summed E-state index contributed by atoms with van der Waals surface area (Å²) >= 11 is 0. The highest BCUT2D eigenvalue weighted by atomic mass is 19.3. The molecule has 6 unspecified atom stereocenters. The molecule has 0 amide bonds. The quantitative estimate of drug-likeness (QED) is 0.395. The summed E-state index contributed by atoms with van der Waals surface area (Å²) in [6, 6.07) is 6.48. The molecule has 0 spiro atoms. The van der Waals surface area contributed by atoms with Crippen LogP contribution in [0.4, 0.5) is 8.78 Å². The number of Topliss-reactive ketones (excluding diaryl/α,β-unsaturated/α-hetero) is 1. The van der Waals surface area contributed by atoms with E-state index in [0.29, 0.717) is 50.3 Å². The number of fused-ring (bicyclic) bond motifs is 5. The van der Waals surface area contributed by atoms with Crippen LogP contribution in [-0.4, -0.2) is 60.7 Å². The van der Waals surface area contributed by atoms with Crippen LogP contribution in [0.1, 0.15) is 75.8 Å². The number of rotatable bonds is 8. The van der Waals surface area contributed by atoms with Crippen LogP contribution >= 0.6 is 0 Å². The molecule has 1 heterocycles. The average Bonchev–Trinajstić information content (AvgIpc) is 3.13. The minimum atomic E-state index is -2.49. The van der Waals surface area contributed by atoms with Gasteiger partial charge in [0, 0.05) is 50.2 Å². The van der Waals surface area contributed by atoms with Crippen molar-refractivity contribution in [3.05, 3.63) is 29.3 Å². The molecule has 5 nitrogen and oxygen atoms in total. The lowest BCUT2D eigenvalue weighted by atomic mass is 9.54. The highest BCUT2D eigenvalue weighted by Crippen LogP contribution is 2.61. The molecule has 3 aliphatic carbocycles. The Morgan fingerprint density at radius 3 is 2.75 bits per heavy atom. The number of ketones is 1. The van der Waals surface area contributed by atoms with Crippen molar-refractivity contribution in [1.29, 1.82) is 0 Å². The zero-order valence-electron chi connectivity index (χ0n) is 21.8. The first-order valence-electron chi connectivity index (χ1n) is 14.0. The van der Waals surface area contributed by atoms with E-state index in [9.17, 15) is 18.7 Å². The third-order valence-corrected chi connectivity index (χ3v) is 9.76. The fraction of sp³-hybridized carbons (Fsp3) is 0.759. The summed E-state index contributed by atoms with van der Waals surface area (Å²) in [5.74, 6) is -0.214. The fourth-order valence-corrected chi connectivity index (χ4v) is 7.84. The van der Waals surface area contributed by atoms with Crippen LogP contribution < -0.4 is 10.1 Å². The number of hydrogen-bond donors (Lipinski definition) is 2. The normalized spacial score (nSPS) is 34.5. The SMILES string of the molecule is CCNC(O)C1CC(=O)C2(C)CCC3c4ccc(OCCCN5CCC(F)(F)CC5)cc4CCC3C12. The number of piperidine rings is 1. The summed E-state index contributed by atoms with van der Waals surface area (Å²) in [6.45, 7) is 7.15. The van der Waals surface area contributed by atoms with Crippen molar-refractivity contribution in [2.45, 2.75) is 83.3 Å². The second-order valence-corrected chi connectivity index (χ2v) is 11.8. The minimum absolute atomic E-state index is 0.00876. The monoisotopic (exact) mass is 504 g/mol. The van der Waals surface area contributed by atoms with Gasteiger partial charge in [-0.3, -0.25) is 10.1 Å². The van der Waals surface area contributed by atoms with Crippen molar-refractivity contribution in [3.63, 3.8) is 0 Å². The molecule has 6 atom stereocenters. The Morgan fingerprint density at radius 2 is 2.00 bits per heavy atom. The standard InChI is InChI=1S/C29H42F2N2O3/c1-3-32-27(35)24-18-25(34)28(2)10-9-22-21-8-6-20(17-19(21)5-7-23(22)26(24)28)36-16-4-13-33-14-11-29(30,31)12-15-33/h6,8,17,22-24,26-27,32,35H,3-5,7,9-16,18H2,1-2H3. The minimum Gasteiger partial charge on any atom is -0.494 e. The van der Waals surface area contributed by atoms with E-state index in [4.69, 9.17) is 4.74 Å². The molecule has 1 aromatic carbocycles. The van der Waals surface area contributed by atoms with E-state index in [0.717, 1.165) is 44.4 Å². The number of alkyl halides is 2. The van der Waals surface area contributed by atoms with Crippen molar-refractivity contribution in [2.75, 3.05) is 32.8 Å². The maximum Gasteiger partial charge on any atom is 0.250 e. The number of nitrogens with zero attached hydrogens (tertiary/aromatic N) is 1. The van der Waals surface area contributed by atoms with Crippen LogP contribution in [0.15, 0.2) is 18.2 Å². The van der Waals surface area contributed by atoms with Gasteiger partial charge in [0.25, 0.3) is 5.92 Å². The van der Waals surface area contributed by atoms with E-state index in [2.05, 4.69) is 35.3 Å². The molecule has 3 fully saturated rings. The van der Waals surface area contributed by atoms with Crippen LogP contribution in [-0.2, 0) is 11.2 Å².